The topological polar surface area (TPSA) is 57.4 Å². The number of nitrogens with zero attached hydrogens (tertiary/aromatic N) is 4. The smallest absolute Gasteiger partial charge is 0.0991 e. The molecule has 7 aromatic carbocycles. The molecule has 222 valence electrons. The van der Waals surface area contributed by atoms with Crippen LogP contribution in [0.2, 0.25) is 0 Å². The largest absolute Gasteiger partial charge is 0.309 e. The van der Waals surface area contributed by atoms with Gasteiger partial charge in [0.05, 0.1) is 45.3 Å². The lowest BCUT2D eigenvalue weighted by Crippen LogP contribution is -1.95. The maximum absolute atomic E-state index is 9.70. The van der Waals surface area contributed by atoms with Crippen LogP contribution in [-0.2, 0) is 0 Å². The van der Waals surface area contributed by atoms with Crippen LogP contribution in [0.15, 0.2) is 158 Å². The lowest BCUT2D eigenvalue weighted by atomic mass is 9.96. The fourth-order valence-corrected chi connectivity index (χ4v) is 7.20. The molecule has 0 unspecified atom stereocenters. The zero-order valence-corrected chi connectivity index (χ0v) is 25.8. The number of aromatic nitrogens is 2. The van der Waals surface area contributed by atoms with Gasteiger partial charge in [-0.2, -0.15) is 10.5 Å². The summed E-state index contributed by atoms with van der Waals surface area (Å²) in [5, 5.41) is 23.6. The zero-order valence-electron chi connectivity index (χ0n) is 25.8. The number of para-hydroxylation sites is 3. The molecular weight excluding hydrogens is 585 g/mol. The minimum Gasteiger partial charge on any atom is -0.309 e. The van der Waals surface area contributed by atoms with Crippen LogP contribution in [0.3, 0.4) is 0 Å². The number of hydrogen-bond donors (Lipinski definition) is 0. The van der Waals surface area contributed by atoms with E-state index in [4.69, 9.17) is 0 Å². The highest BCUT2D eigenvalue weighted by molar-refractivity contribution is 6.14. The number of fused-ring (bicyclic) bond motifs is 6. The highest BCUT2D eigenvalue weighted by atomic mass is 15.0. The van der Waals surface area contributed by atoms with E-state index in [0.717, 1.165) is 66.5 Å². The Kier molecular flexibility index (Phi) is 6.22. The van der Waals surface area contributed by atoms with E-state index in [1.54, 1.807) is 0 Å². The Balaban J connectivity index is 1.25. The van der Waals surface area contributed by atoms with Crippen LogP contribution in [-0.4, -0.2) is 9.13 Å². The minimum absolute atomic E-state index is 0.642. The van der Waals surface area contributed by atoms with Gasteiger partial charge >= 0.3 is 0 Å². The van der Waals surface area contributed by atoms with Crippen LogP contribution in [0.25, 0.3) is 77.2 Å². The molecule has 0 aliphatic rings. The maximum atomic E-state index is 9.70. The van der Waals surface area contributed by atoms with E-state index in [2.05, 4.69) is 137 Å². The molecule has 0 atom stereocenters. The molecule has 0 aliphatic carbocycles. The van der Waals surface area contributed by atoms with E-state index in [0.29, 0.717) is 11.1 Å². The van der Waals surface area contributed by atoms with Crippen molar-refractivity contribution in [2.75, 3.05) is 0 Å². The van der Waals surface area contributed by atoms with Crippen molar-refractivity contribution < 1.29 is 0 Å². The third kappa shape index (κ3) is 4.22. The zero-order chi connectivity index (χ0) is 32.2. The van der Waals surface area contributed by atoms with Gasteiger partial charge in [-0.05, 0) is 89.5 Å². The number of rotatable bonds is 4. The molecule has 9 aromatic rings. The number of benzene rings is 7. The molecule has 0 radical (unpaired) electrons. The van der Waals surface area contributed by atoms with Crippen molar-refractivity contribution in [3.8, 4) is 45.8 Å². The van der Waals surface area contributed by atoms with Crippen LogP contribution in [0, 0.1) is 22.7 Å². The molecule has 0 saturated heterocycles. The summed E-state index contributed by atoms with van der Waals surface area (Å²) in [4.78, 5) is 0. The summed E-state index contributed by atoms with van der Waals surface area (Å²) >= 11 is 0. The molecule has 48 heavy (non-hydrogen) atoms. The van der Waals surface area contributed by atoms with Gasteiger partial charge in [0.1, 0.15) is 0 Å². The van der Waals surface area contributed by atoms with Gasteiger partial charge in [-0.25, -0.2) is 0 Å². The Bertz CT molecular complexity index is 2790. The van der Waals surface area contributed by atoms with E-state index in [1.165, 1.54) is 10.8 Å². The predicted molar refractivity (Wildman–Crippen MR) is 195 cm³/mol. The molecule has 4 heteroatoms. The van der Waals surface area contributed by atoms with E-state index >= 15 is 0 Å². The molecule has 2 heterocycles. The monoisotopic (exact) mass is 610 g/mol. The molecule has 2 aromatic heterocycles. The lowest BCUT2D eigenvalue weighted by molar-refractivity contribution is 1.18. The second-order valence-electron chi connectivity index (χ2n) is 12.0. The van der Waals surface area contributed by atoms with Gasteiger partial charge in [-0.1, -0.05) is 84.9 Å². The van der Waals surface area contributed by atoms with Gasteiger partial charge < -0.3 is 9.13 Å². The van der Waals surface area contributed by atoms with Crippen molar-refractivity contribution in [2.45, 2.75) is 0 Å². The minimum atomic E-state index is 0.642. The summed E-state index contributed by atoms with van der Waals surface area (Å²) in [6.07, 6.45) is 0. The van der Waals surface area contributed by atoms with E-state index in [9.17, 15) is 10.5 Å². The molecule has 0 saturated carbocycles. The molecule has 0 spiro atoms. The molecule has 0 amide bonds. The van der Waals surface area contributed by atoms with Crippen LogP contribution >= 0.6 is 0 Å². The second kappa shape index (κ2) is 10.9. The SMILES string of the molecule is N#Cc1ccc(-n2c3ccccc3c3ccc(-c4cccc(-c5cccc6c7cc(C#N)ccc7n(-c7ccccc7)c56)c4)cc32)cc1. The third-order valence-corrected chi connectivity index (χ3v) is 9.37. The van der Waals surface area contributed by atoms with Crippen LogP contribution < -0.4 is 0 Å². The summed E-state index contributed by atoms with van der Waals surface area (Å²) < 4.78 is 4.60. The Morgan fingerprint density at radius 1 is 0.375 bits per heavy atom. The maximum Gasteiger partial charge on any atom is 0.0991 e. The van der Waals surface area contributed by atoms with Crippen LogP contribution in [0.5, 0.6) is 0 Å². The molecule has 0 N–H and O–H groups in total. The van der Waals surface area contributed by atoms with Crippen molar-refractivity contribution in [3.63, 3.8) is 0 Å². The van der Waals surface area contributed by atoms with Crippen molar-refractivity contribution in [2.24, 2.45) is 0 Å². The fourth-order valence-electron chi connectivity index (χ4n) is 7.20. The van der Waals surface area contributed by atoms with Crippen molar-refractivity contribution in [3.05, 3.63) is 169 Å². The first-order chi connectivity index (χ1) is 23.7. The first-order valence-electron chi connectivity index (χ1n) is 15.9. The lowest BCUT2D eigenvalue weighted by Gasteiger charge is -2.13. The van der Waals surface area contributed by atoms with Gasteiger partial charge in [0.2, 0.25) is 0 Å². The average molecular weight is 611 g/mol. The van der Waals surface area contributed by atoms with Crippen LogP contribution in [0.1, 0.15) is 11.1 Å². The molecule has 0 bridgehead atoms. The van der Waals surface area contributed by atoms with E-state index in [1.807, 2.05) is 42.5 Å². The highest BCUT2D eigenvalue weighted by Crippen LogP contribution is 2.40. The number of nitriles is 2. The Hall–Kier alpha value is -6.88. The van der Waals surface area contributed by atoms with Gasteiger partial charge in [0.15, 0.2) is 0 Å². The average Bonchev–Trinajstić information content (AvgIpc) is 3.67. The first kappa shape index (κ1) is 27.4. The van der Waals surface area contributed by atoms with E-state index < -0.39 is 0 Å². The molecular formula is C44H26N4. The van der Waals surface area contributed by atoms with Crippen molar-refractivity contribution >= 4 is 43.6 Å². The quantitative estimate of drug-likeness (QED) is 0.199. The summed E-state index contributed by atoms with van der Waals surface area (Å²) in [5.74, 6) is 0. The van der Waals surface area contributed by atoms with Gasteiger partial charge in [0, 0.05) is 38.5 Å². The predicted octanol–water partition coefficient (Wildman–Crippen LogP) is 11.0. The molecule has 0 aliphatic heterocycles. The van der Waals surface area contributed by atoms with Crippen molar-refractivity contribution in [1.82, 2.24) is 9.13 Å². The summed E-state index contributed by atoms with van der Waals surface area (Å²) in [6.45, 7) is 0. The Morgan fingerprint density at radius 2 is 1.02 bits per heavy atom. The molecule has 4 nitrogen and oxygen atoms in total. The van der Waals surface area contributed by atoms with Gasteiger partial charge in [0.25, 0.3) is 0 Å². The van der Waals surface area contributed by atoms with Gasteiger partial charge in [-0.15, -0.1) is 0 Å². The molecule has 9 rings (SSSR count). The third-order valence-electron chi connectivity index (χ3n) is 9.37. The first-order valence-corrected chi connectivity index (χ1v) is 15.9. The van der Waals surface area contributed by atoms with Crippen molar-refractivity contribution in [1.29, 1.82) is 10.5 Å². The Morgan fingerprint density at radius 3 is 1.85 bits per heavy atom. The van der Waals surface area contributed by atoms with E-state index in [-0.39, 0.29) is 0 Å². The number of hydrogen-bond acceptors (Lipinski definition) is 2. The van der Waals surface area contributed by atoms with Crippen LogP contribution in [0.4, 0.5) is 0 Å². The summed E-state index contributed by atoms with van der Waals surface area (Å²) in [7, 11) is 0. The highest BCUT2D eigenvalue weighted by Gasteiger charge is 2.18. The van der Waals surface area contributed by atoms with Gasteiger partial charge in [-0.3, -0.25) is 0 Å². The second-order valence-corrected chi connectivity index (χ2v) is 12.0. The summed E-state index contributed by atoms with van der Waals surface area (Å²) in [5.41, 5.74) is 12.3. The normalized spacial score (nSPS) is 11.3. The Labute approximate surface area is 277 Å². The fraction of sp³-hybridized carbons (Fsp3) is 0. The standard InChI is InChI=1S/C44H26N4/c45-27-29-16-20-35(21-17-29)47-41-15-5-4-12-37(41)38-22-19-32(26-43(38)47)31-8-6-9-33(25-31)36-13-7-14-39-40-24-30(28-46)18-23-42(40)48(44(36)39)34-10-2-1-3-11-34/h1-26H. The molecule has 0 fully saturated rings. The summed E-state index contributed by atoms with van der Waals surface area (Å²) in [6, 6.07) is 59.1.